The lowest BCUT2D eigenvalue weighted by Crippen LogP contribution is -2.38. The van der Waals surface area contributed by atoms with Crippen molar-refractivity contribution in [2.24, 2.45) is 5.73 Å². The second-order valence-electron chi connectivity index (χ2n) is 5.08. The molecule has 0 bridgehead atoms. The first-order valence-corrected chi connectivity index (χ1v) is 6.36. The predicted octanol–water partition coefficient (Wildman–Crippen LogP) is 2.53. The summed E-state index contributed by atoms with van der Waals surface area (Å²) in [5, 5.41) is 0. The van der Waals surface area contributed by atoms with E-state index in [1.54, 1.807) is 6.07 Å². The van der Waals surface area contributed by atoms with Crippen LogP contribution < -0.4 is 5.73 Å². The molecule has 1 aromatic carbocycles. The highest BCUT2D eigenvalue weighted by Crippen LogP contribution is 2.22. The maximum absolute atomic E-state index is 13.5. The van der Waals surface area contributed by atoms with Crippen molar-refractivity contribution in [3.63, 3.8) is 0 Å². The van der Waals surface area contributed by atoms with E-state index in [0.29, 0.717) is 18.6 Å². The Bertz CT molecular complexity index is 359. The Labute approximate surface area is 103 Å². The van der Waals surface area contributed by atoms with Gasteiger partial charge in [-0.1, -0.05) is 18.2 Å². The first-order valence-electron chi connectivity index (χ1n) is 6.36. The summed E-state index contributed by atoms with van der Waals surface area (Å²) in [7, 11) is 2.08. The fourth-order valence-electron chi connectivity index (χ4n) is 2.57. The average molecular weight is 236 g/mol. The largest absolute Gasteiger partial charge is 0.328 e. The summed E-state index contributed by atoms with van der Waals surface area (Å²) >= 11 is 0. The van der Waals surface area contributed by atoms with Gasteiger partial charge < -0.3 is 5.73 Å². The molecule has 0 heterocycles. The highest BCUT2D eigenvalue weighted by atomic mass is 19.1. The van der Waals surface area contributed by atoms with E-state index in [4.69, 9.17) is 5.73 Å². The van der Waals surface area contributed by atoms with Crippen LogP contribution >= 0.6 is 0 Å². The van der Waals surface area contributed by atoms with Crippen LogP contribution in [0.3, 0.4) is 0 Å². The predicted molar refractivity (Wildman–Crippen MR) is 68.1 cm³/mol. The van der Waals surface area contributed by atoms with E-state index >= 15 is 0 Å². The molecule has 0 unspecified atom stereocenters. The van der Waals surface area contributed by atoms with Crippen molar-refractivity contribution in [3.05, 3.63) is 35.6 Å². The number of nitrogens with two attached hydrogens (primary N) is 1. The first kappa shape index (κ1) is 12.5. The molecule has 2 nitrogen and oxygen atoms in total. The quantitative estimate of drug-likeness (QED) is 0.873. The van der Waals surface area contributed by atoms with Crippen LogP contribution in [0.15, 0.2) is 24.3 Å². The summed E-state index contributed by atoms with van der Waals surface area (Å²) in [6, 6.07) is 7.93. The van der Waals surface area contributed by atoms with E-state index in [2.05, 4.69) is 11.9 Å². The number of nitrogens with zero attached hydrogens (tertiary/aromatic N) is 1. The first-order chi connectivity index (χ1) is 8.16. The SMILES string of the molecule is CN(Cc1ccccc1F)C1CCC(N)CC1. The molecule has 0 radical (unpaired) electrons. The van der Waals surface area contributed by atoms with E-state index in [0.717, 1.165) is 31.2 Å². The number of hydrogen-bond acceptors (Lipinski definition) is 2. The van der Waals surface area contributed by atoms with E-state index in [-0.39, 0.29) is 5.82 Å². The molecule has 2 rings (SSSR count). The van der Waals surface area contributed by atoms with Gasteiger partial charge in [0.2, 0.25) is 0 Å². The number of benzene rings is 1. The highest BCUT2D eigenvalue weighted by Gasteiger charge is 2.22. The topological polar surface area (TPSA) is 29.3 Å². The number of rotatable bonds is 3. The van der Waals surface area contributed by atoms with Crippen LogP contribution in [-0.2, 0) is 6.54 Å². The Kier molecular flexibility index (Phi) is 4.13. The molecule has 1 fully saturated rings. The molecule has 1 aliphatic rings. The van der Waals surface area contributed by atoms with E-state index in [1.807, 2.05) is 12.1 Å². The summed E-state index contributed by atoms with van der Waals surface area (Å²) < 4.78 is 13.5. The molecule has 0 atom stereocenters. The maximum atomic E-state index is 13.5. The van der Waals surface area contributed by atoms with Gasteiger partial charge in [0.05, 0.1) is 0 Å². The van der Waals surface area contributed by atoms with Gasteiger partial charge in [-0.3, -0.25) is 4.90 Å². The molecule has 0 spiro atoms. The van der Waals surface area contributed by atoms with E-state index in [1.165, 1.54) is 6.07 Å². The molecule has 0 aliphatic heterocycles. The molecule has 0 amide bonds. The molecular formula is C14H21FN2. The summed E-state index contributed by atoms with van der Waals surface area (Å²) in [6.07, 6.45) is 4.44. The molecular weight excluding hydrogens is 215 g/mol. The van der Waals surface area contributed by atoms with Gasteiger partial charge in [-0.25, -0.2) is 4.39 Å². The molecule has 0 saturated heterocycles. The Balaban J connectivity index is 1.93. The Morgan fingerprint density at radius 2 is 1.88 bits per heavy atom. The zero-order valence-corrected chi connectivity index (χ0v) is 10.4. The van der Waals surface area contributed by atoms with Gasteiger partial charge in [0, 0.05) is 24.2 Å². The lowest BCUT2D eigenvalue weighted by molar-refractivity contribution is 0.174. The van der Waals surface area contributed by atoms with Crippen molar-refractivity contribution < 1.29 is 4.39 Å². The standard InChI is InChI=1S/C14H21FN2/c1-17(13-8-6-12(16)7-9-13)10-11-4-2-3-5-14(11)15/h2-5,12-13H,6-10,16H2,1H3. The van der Waals surface area contributed by atoms with Gasteiger partial charge in [-0.05, 0) is 38.8 Å². The monoisotopic (exact) mass is 236 g/mol. The molecule has 17 heavy (non-hydrogen) atoms. The normalized spacial score (nSPS) is 25.2. The van der Waals surface area contributed by atoms with Crippen molar-refractivity contribution >= 4 is 0 Å². The number of halogens is 1. The molecule has 1 aromatic rings. The van der Waals surface area contributed by atoms with Crippen LogP contribution in [0.1, 0.15) is 31.2 Å². The third kappa shape index (κ3) is 3.27. The van der Waals surface area contributed by atoms with Gasteiger partial charge in [0.1, 0.15) is 5.82 Å². The van der Waals surface area contributed by atoms with Crippen molar-refractivity contribution in [1.29, 1.82) is 0 Å². The van der Waals surface area contributed by atoms with Crippen LogP contribution in [0.25, 0.3) is 0 Å². The van der Waals surface area contributed by atoms with Crippen molar-refractivity contribution in [2.45, 2.75) is 44.3 Å². The van der Waals surface area contributed by atoms with Crippen molar-refractivity contribution in [2.75, 3.05) is 7.05 Å². The Hall–Kier alpha value is -0.930. The minimum Gasteiger partial charge on any atom is -0.328 e. The zero-order chi connectivity index (χ0) is 12.3. The van der Waals surface area contributed by atoms with Gasteiger partial charge in [-0.15, -0.1) is 0 Å². The molecule has 3 heteroatoms. The van der Waals surface area contributed by atoms with Gasteiger partial charge >= 0.3 is 0 Å². The zero-order valence-electron chi connectivity index (χ0n) is 10.4. The van der Waals surface area contributed by atoms with E-state index in [9.17, 15) is 4.39 Å². The van der Waals surface area contributed by atoms with Gasteiger partial charge in [0.25, 0.3) is 0 Å². The molecule has 0 aromatic heterocycles. The fraction of sp³-hybridized carbons (Fsp3) is 0.571. The average Bonchev–Trinajstić information content (AvgIpc) is 2.33. The highest BCUT2D eigenvalue weighted by molar-refractivity contribution is 5.17. The van der Waals surface area contributed by atoms with Crippen molar-refractivity contribution in [1.82, 2.24) is 4.90 Å². The second-order valence-corrected chi connectivity index (χ2v) is 5.08. The van der Waals surface area contributed by atoms with Gasteiger partial charge in [-0.2, -0.15) is 0 Å². The molecule has 2 N–H and O–H groups in total. The molecule has 1 aliphatic carbocycles. The number of hydrogen-bond donors (Lipinski definition) is 1. The van der Waals surface area contributed by atoms with Crippen LogP contribution in [0.4, 0.5) is 4.39 Å². The molecule has 1 saturated carbocycles. The Morgan fingerprint density at radius 1 is 1.24 bits per heavy atom. The van der Waals surface area contributed by atoms with Crippen LogP contribution in [0, 0.1) is 5.82 Å². The smallest absolute Gasteiger partial charge is 0.127 e. The minimum atomic E-state index is -0.105. The van der Waals surface area contributed by atoms with Crippen molar-refractivity contribution in [3.8, 4) is 0 Å². The third-order valence-corrected chi connectivity index (χ3v) is 3.74. The van der Waals surface area contributed by atoms with Crippen LogP contribution in [-0.4, -0.2) is 24.0 Å². The fourth-order valence-corrected chi connectivity index (χ4v) is 2.57. The summed E-state index contributed by atoms with van der Waals surface area (Å²) in [4.78, 5) is 2.25. The van der Waals surface area contributed by atoms with Gasteiger partial charge in [0.15, 0.2) is 0 Å². The second kappa shape index (κ2) is 5.61. The van der Waals surface area contributed by atoms with Crippen LogP contribution in [0.5, 0.6) is 0 Å². The van der Waals surface area contributed by atoms with E-state index < -0.39 is 0 Å². The summed E-state index contributed by atoms with van der Waals surface area (Å²) in [5.74, 6) is -0.105. The minimum absolute atomic E-state index is 0.105. The maximum Gasteiger partial charge on any atom is 0.127 e. The Morgan fingerprint density at radius 3 is 2.53 bits per heavy atom. The summed E-state index contributed by atoms with van der Waals surface area (Å²) in [6.45, 7) is 0.687. The lowest BCUT2D eigenvalue weighted by atomic mass is 9.91. The van der Waals surface area contributed by atoms with Crippen LogP contribution in [0.2, 0.25) is 0 Å². The summed E-state index contributed by atoms with van der Waals surface area (Å²) in [5.41, 5.74) is 6.68. The molecule has 94 valence electrons. The third-order valence-electron chi connectivity index (χ3n) is 3.74. The lowest BCUT2D eigenvalue weighted by Gasteiger charge is -2.33.